The standard InChI is InChI=1S/C24H25NO3/c1-3-28-22-15-14-20(16-23(22)27-2)24(26)25-17-21(18-10-6-4-7-11-18)19-12-8-5-9-13-19/h4-16,21H,3,17H2,1-2H3,(H,25,26). The van der Waals surface area contributed by atoms with Gasteiger partial charge in [-0.05, 0) is 36.2 Å². The number of methoxy groups -OCH3 is 1. The van der Waals surface area contributed by atoms with Crippen LogP contribution in [0, 0.1) is 0 Å². The van der Waals surface area contributed by atoms with Gasteiger partial charge in [0.1, 0.15) is 0 Å². The minimum Gasteiger partial charge on any atom is -0.493 e. The van der Waals surface area contributed by atoms with Gasteiger partial charge >= 0.3 is 0 Å². The lowest BCUT2D eigenvalue weighted by Crippen LogP contribution is -2.29. The average Bonchev–Trinajstić information content (AvgIpc) is 2.75. The summed E-state index contributed by atoms with van der Waals surface area (Å²) in [6.45, 7) is 2.95. The van der Waals surface area contributed by atoms with Crippen LogP contribution in [0.25, 0.3) is 0 Å². The van der Waals surface area contributed by atoms with Gasteiger partial charge in [-0.15, -0.1) is 0 Å². The second-order valence-electron chi connectivity index (χ2n) is 6.38. The van der Waals surface area contributed by atoms with Crippen LogP contribution in [-0.2, 0) is 0 Å². The molecule has 1 N–H and O–H groups in total. The molecule has 0 spiro atoms. The Morgan fingerprint density at radius 1 is 0.893 bits per heavy atom. The first-order valence-corrected chi connectivity index (χ1v) is 9.41. The molecule has 0 aliphatic carbocycles. The SMILES string of the molecule is CCOc1ccc(C(=O)NCC(c2ccccc2)c2ccccc2)cc1OC. The van der Waals surface area contributed by atoms with Gasteiger partial charge in [-0.25, -0.2) is 0 Å². The zero-order valence-corrected chi connectivity index (χ0v) is 16.2. The average molecular weight is 375 g/mol. The lowest BCUT2D eigenvalue weighted by Gasteiger charge is -2.19. The molecule has 1 amide bonds. The minimum atomic E-state index is -0.141. The summed E-state index contributed by atoms with van der Waals surface area (Å²) in [5, 5.41) is 3.06. The fraction of sp³-hybridized carbons (Fsp3) is 0.208. The van der Waals surface area contributed by atoms with Crippen LogP contribution in [0.2, 0.25) is 0 Å². The Morgan fingerprint density at radius 3 is 2.04 bits per heavy atom. The summed E-state index contributed by atoms with van der Waals surface area (Å²) in [7, 11) is 1.57. The van der Waals surface area contributed by atoms with Crippen LogP contribution < -0.4 is 14.8 Å². The summed E-state index contributed by atoms with van der Waals surface area (Å²) >= 11 is 0. The number of benzene rings is 3. The van der Waals surface area contributed by atoms with Crippen LogP contribution >= 0.6 is 0 Å². The maximum absolute atomic E-state index is 12.7. The highest BCUT2D eigenvalue weighted by atomic mass is 16.5. The van der Waals surface area contributed by atoms with Gasteiger partial charge in [0.15, 0.2) is 11.5 Å². The van der Waals surface area contributed by atoms with Crippen molar-refractivity contribution in [2.24, 2.45) is 0 Å². The van der Waals surface area contributed by atoms with E-state index >= 15 is 0 Å². The summed E-state index contributed by atoms with van der Waals surface area (Å²) < 4.78 is 10.9. The van der Waals surface area contributed by atoms with Crippen molar-refractivity contribution < 1.29 is 14.3 Å². The van der Waals surface area contributed by atoms with Gasteiger partial charge < -0.3 is 14.8 Å². The molecule has 0 aromatic heterocycles. The normalized spacial score (nSPS) is 10.5. The number of ether oxygens (including phenoxy) is 2. The maximum atomic E-state index is 12.7. The quantitative estimate of drug-likeness (QED) is 0.623. The molecule has 0 heterocycles. The first-order chi connectivity index (χ1) is 13.7. The zero-order valence-electron chi connectivity index (χ0n) is 16.2. The number of hydrogen-bond donors (Lipinski definition) is 1. The predicted octanol–water partition coefficient (Wildman–Crippen LogP) is 4.66. The smallest absolute Gasteiger partial charge is 0.251 e. The van der Waals surface area contributed by atoms with Gasteiger partial charge in [-0.3, -0.25) is 4.79 Å². The molecule has 0 saturated carbocycles. The third kappa shape index (κ3) is 4.71. The highest BCUT2D eigenvalue weighted by Crippen LogP contribution is 2.28. The van der Waals surface area contributed by atoms with Gasteiger partial charge in [0.05, 0.1) is 13.7 Å². The van der Waals surface area contributed by atoms with Gasteiger partial charge in [0.2, 0.25) is 0 Å². The van der Waals surface area contributed by atoms with Crippen molar-refractivity contribution in [1.82, 2.24) is 5.32 Å². The molecule has 144 valence electrons. The first-order valence-electron chi connectivity index (χ1n) is 9.41. The molecule has 3 aromatic rings. The van der Waals surface area contributed by atoms with Crippen LogP contribution in [0.5, 0.6) is 11.5 Å². The summed E-state index contributed by atoms with van der Waals surface area (Å²) in [6, 6.07) is 25.6. The topological polar surface area (TPSA) is 47.6 Å². The highest BCUT2D eigenvalue weighted by Gasteiger charge is 2.17. The van der Waals surface area contributed by atoms with Gasteiger partial charge in [0, 0.05) is 18.0 Å². The third-order valence-corrected chi connectivity index (χ3v) is 4.60. The Labute approximate surface area is 166 Å². The van der Waals surface area contributed by atoms with E-state index in [9.17, 15) is 4.79 Å². The van der Waals surface area contributed by atoms with E-state index in [1.807, 2.05) is 43.3 Å². The third-order valence-electron chi connectivity index (χ3n) is 4.60. The van der Waals surface area contributed by atoms with E-state index in [0.29, 0.717) is 30.2 Å². The monoisotopic (exact) mass is 375 g/mol. The number of nitrogens with one attached hydrogen (secondary N) is 1. The van der Waals surface area contributed by atoms with E-state index in [4.69, 9.17) is 9.47 Å². The first kappa shape index (κ1) is 19.5. The molecule has 3 aromatic carbocycles. The maximum Gasteiger partial charge on any atom is 0.251 e. The van der Waals surface area contributed by atoms with Crippen LogP contribution in [0.3, 0.4) is 0 Å². The van der Waals surface area contributed by atoms with Crippen molar-refractivity contribution >= 4 is 5.91 Å². The molecule has 0 fully saturated rings. The van der Waals surface area contributed by atoms with E-state index in [1.165, 1.54) is 11.1 Å². The molecule has 0 saturated heterocycles. The van der Waals surface area contributed by atoms with Crippen LogP contribution in [0.1, 0.15) is 34.3 Å². The van der Waals surface area contributed by atoms with Crippen molar-refractivity contribution in [3.63, 3.8) is 0 Å². The number of amides is 1. The predicted molar refractivity (Wildman–Crippen MR) is 111 cm³/mol. The molecular formula is C24H25NO3. The van der Waals surface area contributed by atoms with E-state index in [2.05, 4.69) is 29.6 Å². The molecule has 0 radical (unpaired) electrons. The second kappa shape index (κ2) is 9.60. The molecule has 0 atom stereocenters. The fourth-order valence-corrected chi connectivity index (χ4v) is 3.18. The lowest BCUT2D eigenvalue weighted by atomic mass is 9.91. The van der Waals surface area contributed by atoms with Crippen molar-refractivity contribution in [3.05, 3.63) is 95.6 Å². The number of rotatable bonds is 8. The van der Waals surface area contributed by atoms with E-state index in [-0.39, 0.29) is 11.8 Å². The number of carbonyl (C=O) groups is 1. The molecule has 4 heteroatoms. The van der Waals surface area contributed by atoms with Gasteiger partial charge in [-0.2, -0.15) is 0 Å². The Morgan fingerprint density at radius 2 is 1.50 bits per heavy atom. The van der Waals surface area contributed by atoms with E-state index in [0.717, 1.165) is 0 Å². The van der Waals surface area contributed by atoms with Crippen molar-refractivity contribution in [1.29, 1.82) is 0 Å². The molecule has 0 bridgehead atoms. The molecule has 3 rings (SSSR count). The second-order valence-corrected chi connectivity index (χ2v) is 6.38. The highest BCUT2D eigenvalue weighted by molar-refractivity contribution is 5.95. The number of hydrogen-bond acceptors (Lipinski definition) is 3. The van der Waals surface area contributed by atoms with E-state index < -0.39 is 0 Å². The van der Waals surface area contributed by atoms with Crippen molar-refractivity contribution in [2.45, 2.75) is 12.8 Å². The summed E-state index contributed by atoms with van der Waals surface area (Å²) in [4.78, 5) is 12.7. The minimum absolute atomic E-state index is 0.0796. The fourth-order valence-electron chi connectivity index (χ4n) is 3.18. The number of carbonyl (C=O) groups excluding carboxylic acids is 1. The summed E-state index contributed by atoms with van der Waals surface area (Å²) in [5.41, 5.74) is 2.87. The summed E-state index contributed by atoms with van der Waals surface area (Å²) in [6.07, 6.45) is 0. The van der Waals surface area contributed by atoms with Gasteiger partial charge in [-0.1, -0.05) is 60.7 Å². The van der Waals surface area contributed by atoms with Crippen molar-refractivity contribution in [3.8, 4) is 11.5 Å². The molecule has 28 heavy (non-hydrogen) atoms. The Bertz CT molecular complexity index is 855. The molecule has 4 nitrogen and oxygen atoms in total. The van der Waals surface area contributed by atoms with Crippen LogP contribution in [0.15, 0.2) is 78.9 Å². The Balaban J connectivity index is 1.77. The Hall–Kier alpha value is -3.27. The summed E-state index contributed by atoms with van der Waals surface area (Å²) in [5.74, 6) is 1.12. The Kier molecular flexibility index (Phi) is 6.68. The molecule has 0 aliphatic rings. The van der Waals surface area contributed by atoms with Crippen molar-refractivity contribution in [2.75, 3.05) is 20.3 Å². The molecule has 0 unspecified atom stereocenters. The largest absolute Gasteiger partial charge is 0.493 e. The van der Waals surface area contributed by atoms with E-state index in [1.54, 1.807) is 25.3 Å². The molecular weight excluding hydrogens is 350 g/mol. The van der Waals surface area contributed by atoms with Gasteiger partial charge in [0.25, 0.3) is 5.91 Å². The van der Waals surface area contributed by atoms with Crippen LogP contribution in [0.4, 0.5) is 0 Å². The lowest BCUT2D eigenvalue weighted by molar-refractivity contribution is 0.0952. The zero-order chi connectivity index (χ0) is 19.8. The molecule has 0 aliphatic heterocycles. The van der Waals surface area contributed by atoms with Crippen LogP contribution in [-0.4, -0.2) is 26.2 Å².